The first-order valence-electron chi connectivity index (χ1n) is 4.53. The van der Waals surface area contributed by atoms with E-state index in [2.05, 4.69) is 18.7 Å². The molecule has 0 aromatic carbocycles. The van der Waals surface area contributed by atoms with Crippen molar-refractivity contribution in [1.82, 2.24) is 4.90 Å². The molecule has 1 heterocycles. The van der Waals surface area contributed by atoms with Gasteiger partial charge in [0.2, 0.25) is 0 Å². The summed E-state index contributed by atoms with van der Waals surface area (Å²) in [7, 11) is 0. The van der Waals surface area contributed by atoms with E-state index in [1.165, 1.54) is 0 Å². The van der Waals surface area contributed by atoms with Gasteiger partial charge in [-0.15, -0.1) is 0 Å². The molecule has 1 aliphatic heterocycles. The molecule has 1 saturated heterocycles. The SMILES string of the molecule is CC(C)N1CC(C)(OCC(=O)O)C1. The van der Waals surface area contributed by atoms with Crippen LogP contribution in [0.5, 0.6) is 0 Å². The van der Waals surface area contributed by atoms with Crippen LogP contribution in [0.25, 0.3) is 0 Å². The molecule has 0 atom stereocenters. The molecular weight excluding hydrogens is 170 g/mol. The number of nitrogens with zero attached hydrogens (tertiary/aromatic N) is 1. The molecule has 1 N–H and O–H groups in total. The number of carbonyl (C=O) groups is 1. The Morgan fingerprint density at radius 3 is 2.54 bits per heavy atom. The molecule has 0 aromatic rings. The summed E-state index contributed by atoms with van der Waals surface area (Å²) in [6, 6.07) is 0.515. The molecule has 4 heteroatoms. The molecule has 1 aliphatic rings. The van der Waals surface area contributed by atoms with Crippen molar-refractivity contribution in [2.45, 2.75) is 32.4 Å². The van der Waals surface area contributed by atoms with Crippen molar-refractivity contribution in [1.29, 1.82) is 0 Å². The predicted molar refractivity (Wildman–Crippen MR) is 48.7 cm³/mol. The van der Waals surface area contributed by atoms with Crippen LogP contribution in [-0.2, 0) is 9.53 Å². The van der Waals surface area contributed by atoms with Crippen LogP contribution in [0.15, 0.2) is 0 Å². The van der Waals surface area contributed by atoms with Gasteiger partial charge in [-0.1, -0.05) is 0 Å². The number of hydrogen-bond donors (Lipinski definition) is 1. The van der Waals surface area contributed by atoms with Crippen molar-refractivity contribution in [3.63, 3.8) is 0 Å². The fraction of sp³-hybridized carbons (Fsp3) is 0.889. The van der Waals surface area contributed by atoms with Crippen LogP contribution in [0, 0.1) is 0 Å². The molecule has 1 fully saturated rings. The Morgan fingerprint density at radius 2 is 2.15 bits per heavy atom. The highest BCUT2D eigenvalue weighted by molar-refractivity contribution is 5.68. The maximum atomic E-state index is 10.3. The van der Waals surface area contributed by atoms with Crippen molar-refractivity contribution in [3.05, 3.63) is 0 Å². The lowest BCUT2D eigenvalue weighted by Crippen LogP contribution is -2.63. The lowest BCUT2D eigenvalue weighted by molar-refractivity contribution is -0.168. The molecule has 4 nitrogen and oxygen atoms in total. The Kier molecular flexibility index (Phi) is 2.93. The summed E-state index contributed by atoms with van der Waals surface area (Å²) in [5.74, 6) is -0.899. The Balaban J connectivity index is 2.25. The molecule has 0 saturated carbocycles. The maximum absolute atomic E-state index is 10.3. The minimum absolute atomic E-state index is 0.192. The van der Waals surface area contributed by atoms with Gasteiger partial charge in [0, 0.05) is 19.1 Å². The van der Waals surface area contributed by atoms with E-state index in [4.69, 9.17) is 9.84 Å². The summed E-state index contributed by atoms with van der Waals surface area (Å²) in [5, 5.41) is 8.43. The first-order chi connectivity index (χ1) is 5.93. The zero-order chi connectivity index (χ0) is 10.1. The van der Waals surface area contributed by atoms with Crippen molar-refractivity contribution in [3.8, 4) is 0 Å². The van der Waals surface area contributed by atoms with Crippen LogP contribution in [0.4, 0.5) is 0 Å². The molecule has 0 aromatic heterocycles. The van der Waals surface area contributed by atoms with Crippen molar-refractivity contribution in [2.24, 2.45) is 0 Å². The van der Waals surface area contributed by atoms with Crippen LogP contribution in [-0.4, -0.2) is 47.3 Å². The minimum Gasteiger partial charge on any atom is -0.480 e. The van der Waals surface area contributed by atoms with Crippen molar-refractivity contribution < 1.29 is 14.6 Å². The second kappa shape index (κ2) is 3.64. The van der Waals surface area contributed by atoms with Crippen molar-refractivity contribution in [2.75, 3.05) is 19.7 Å². The average Bonchev–Trinajstić information content (AvgIpc) is 1.95. The van der Waals surface area contributed by atoms with Gasteiger partial charge in [0.1, 0.15) is 6.61 Å². The number of carboxylic acid groups (broad SMARTS) is 1. The second-order valence-corrected chi connectivity index (χ2v) is 4.13. The summed E-state index contributed by atoms with van der Waals surface area (Å²) < 4.78 is 5.27. The molecule has 76 valence electrons. The highest BCUT2D eigenvalue weighted by Gasteiger charge is 2.40. The highest BCUT2D eigenvalue weighted by Crippen LogP contribution is 2.26. The smallest absolute Gasteiger partial charge is 0.329 e. The third kappa shape index (κ3) is 2.67. The van der Waals surface area contributed by atoms with Crippen LogP contribution in [0.1, 0.15) is 20.8 Å². The normalized spacial score (nSPS) is 21.5. The fourth-order valence-electron chi connectivity index (χ4n) is 1.51. The van der Waals surface area contributed by atoms with Crippen LogP contribution < -0.4 is 0 Å². The van der Waals surface area contributed by atoms with E-state index < -0.39 is 5.97 Å². The summed E-state index contributed by atoms with van der Waals surface area (Å²) in [6.45, 7) is 7.67. The van der Waals surface area contributed by atoms with Crippen LogP contribution in [0.3, 0.4) is 0 Å². The van der Waals surface area contributed by atoms with Gasteiger partial charge in [-0.25, -0.2) is 4.79 Å². The Hall–Kier alpha value is -0.610. The third-order valence-corrected chi connectivity index (χ3v) is 2.35. The molecule has 0 radical (unpaired) electrons. The number of carboxylic acids is 1. The zero-order valence-corrected chi connectivity index (χ0v) is 8.41. The lowest BCUT2D eigenvalue weighted by atomic mass is 9.95. The quantitative estimate of drug-likeness (QED) is 0.699. The Labute approximate surface area is 78.5 Å². The molecule has 0 spiro atoms. The topological polar surface area (TPSA) is 49.8 Å². The molecule has 0 unspecified atom stereocenters. The second-order valence-electron chi connectivity index (χ2n) is 4.13. The van der Waals surface area contributed by atoms with E-state index in [0.29, 0.717) is 6.04 Å². The van der Waals surface area contributed by atoms with E-state index in [1.54, 1.807) is 0 Å². The minimum atomic E-state index is -0.899. The van der Waals surface area contributed by atoms with Crippen LogP contribution >= 0.6 is 0 Å². The van der Waals surface area contributed by atoms with Gasteiger partial charge in [0.15, 0.2) is 0 Å². The highest BCUT2D eigenvalue weighted by atomic mass is 16.5. The predicted octanol–water partition coefficient (Wildman–Crippen LogP) is 0.570. The lowest BCUT2D eigenvalue weighted by Gasteiger charge is -2.49. The monoisotopic (exact) mass is 187 g/mol. The van der Waals surface area contributed by atoms with Gasteiger partial charge < -0.3 is 9.84 Å². The summed E-state index contributed by atoms with van der Waals surface area (Å²) in [5.41, 5.74) is -0.247. The van der Waals surface area contributed by atoms with E-state index in [9.17, 15) is 4.79 Å². The number of rotatable bonds is 4. The number of likely N-dealkylation sites (tertiary alicyclic amines) is 1. The summed E-state index contributed by atoms with van der Waals surface area (Å²) in [6.07, 6.45) is 0. The maximum Gasteiger partial charge on any atom is 0.329 e. The number of hydrogen-bond acceptors (Lipinski definition) is 3. The first-order valence-corrected chi connectivity index (χ1v) is 4.53. The Bertz CT molecular complexity index is 197. The molecule has 0 aliphatic carbocycles. The molecule has 13 heavy (non-hydrogen) atoms. The average molecular weight is 187 g/mol. The molecule has 0 amide bonds. The van der Waals surface area contributed by atoms with E-state index in [1.807, 2.05) is 6.92 Å². The van der Waals surface area contributed by atoms with E-state index in [0.717, 1.165) is 13.1 Å². The van der Waals surface area contributed by atoms with Gasteiger partial charge in [0.05, 0.1) is 5.60 Å². The van der Waals surface area contributed by atoms with Crippen LogP contribution in [0.2, 0.25) is 0 Å². The summed E-state index contributed by atoms with van der Waals surface area (Å²) >= 11 is 0. The Morgan fingerprint density at radius 1 is 1.62 bits per heavy atom. The first kappa shape index (κ1) is 10.5. The zero-order valence-electron chi connectivity index (χ0n) is 8.41. The van der Waals surface area contributed by atoms with E-state index in [-0.39, 0.29) is 12.2 Å². The standard InChI is InChI=1S/C9H17NO3/c1-7(2)10-5-9(3,6-10)13-4-8(11)12/h7H,4-6H2,1-3H3,(H,11,12). The van der Waals surface area contributed by atoms with Gasteiger partial charge in [-0.2, -0.15) is 0 Å². The number of ether oxygens (including phenoxy) is 1. The van der Waals surface area contributed by atoms with Gasteiger partial charge in [0.25, 0.3) is 0 Å². The van der Waals surface area contributed by atoms with Crippen molar-refractivity contribution >= 4 is 5.97 Å². The van der Waals surface area contributed by atoms with E-state index >= 15 is 0 Å². The molecular formula is C9H17NO3. The summed E-state index contributed by atoms with van der Waals surface area (Å²) in [4.78, 5) is 12.5. The van der Waals surface area contributed by atoms with Gasteiger partial charge in [-0.05, 0) is 20.8 Å². The number of aliphatic carboxylic acids is 1. The largest absolute Gasteiger partial charge is 0.480 e. The fourth-order valence-corrected chi connectivity index (χ4v) is 1.51. The van der Waals surface area contributed by atoms with Gasteiger partial charge >= 0.3 is 5.97 Å². The molecule has 0 bridgehead atoms. The molecule has 1 rings (SSSR count). The van der Waals surface area contributed by atoms with Gasteiger partial charge in [-0.3, -0.25) is 4.90 Å². The third-order valence-electron chi connectivity index (χ3n) is 2.35.